The number of aromatic amines is 1. The lowest BCUT2D eigenvalue weighted by Crippen LogP contribution is -2.01. The first-order valence-corrected chi connectivity index (χ1v) is 6.21. The molecule has 2 aromatic rings. The topological polar surface area (TPSA) is 25.0 Å². The standard InChI is InChI=1S/C14H17F2NO/c1-3-9(4-2)12-8-17-13-6-5-10(7-11(12)13)18-14(15)16/h5-9,14,17H,3-4H2,1-2H3. The van der Waals surface area contributed by atoms with Crippen LogP contribution in [0.3, 0.4) is 0 Å². The normalized spacial score (nSPS) is 11.7. The van der Waals surface area contributed by atoms with Crippen LogP contribution in [-0.4, -0.2) is 11.6 Å². The van der Waals surface area contributed by atoms with E-state index in [1.807, 2.05) is 6.20 Å². The van der Waals surface area contributed by atoms with Crippen LogP contribution < -0.4 is 4.74 Å². The SMILES string of the molecule is CCC(CC)c1c[nH]c2ccc(OC(F)F)cc12. The van der Waals surface area contributed by atoms with Crippen LogP contribution in [0.25, 0.3) is 10.9 Å². The molecule has 1 aromatic heterocycles. The van der Waals surface area contributed by atoms with Gasteiger partial charge in [0, 0.05) is 17.1 Å². The molecule has 0 saturated carbocycles. The van der Waals surface area contributed by atoms with Gasteiger partial charge in [0.05, 0.1) is 0 Å². The number of hydrogen-bond donors (Lipinski definition) is 1. The Morgan fingerprint density at radius 2 is 1.94 bits per heavy atom. The van der Waals surface area contributed by atoms with Crippen LogP contribution in [0.2, 0.25) is 0 Å². The molecule has 4 heteroatoms. The summed E-state index contributed by atoms with van der Waals surface area (Å²) in [6.07, 6.45) is 4.03. The van der Waals surface area contributed by atoms with Crippen LogP contribution >= 0.6 is 0 Å². The lowest BCUT2D eigenvalue weighted by molar-refractivity contribution is -0.0497. The number of nitrogens with one attached hydrogen (secondary N) is 1. The van der Waals surface area contributed by atoms with Gasteiger partial charge >= 0.3 is 6.61 Å². The summed E-state index contributed by atoms with van der Waals surface area (Å²) < 4.78 is 28.9. The Kier molecular flexibility index (Phi) is 3.84. The zero-order chi connectivity index (χ0) is 13.1. The zero-order valence-electron chi connectivity index (χ0n) is 10.5. The second-order valence-corrected chi connectivity index (χ2v) is 4.34. The van der Waals surface area contributed by atoms with Crippen molar-refractivity contribution in [3.63, 3.8) is 0 Å². The first-order chi connectivity index (χ1) is 8.65. The molecular formula is C14H17F2NO. The van der Waals surface area contributed by atoms with Crippen molar-refractivity contribution in [3.8, 4) is 5.75 Å². The number of benzene rings is 1. The molecule has 0 bridgehead atoms. The molecule has 0 fully saturated rings. The van der Waals surface area contributed by atoms with E-state index >= 15 is 0 Å². The first kappa shape index (κ1) is 12.9. The molecule has 0 saturated heterocycles. The third-order valence-corrected chi connectivity index (χ3v) is 3.34. The van der Waals surface area contributed by atoms with Gasteiger partial charge in [-0.3, -0.25) is 0 Å². The predicted octanol–water partition coefficient (Wildman–Crippen LogP) is 4.67. The molecule has 0 radical (unpaired) electrons. The number of aromatic nitrogens is 1. The van der Waals surface area contributed by atoms with Gasteiger partial charge in [0.15, 0.2) is 0 Å². The molecule has 0 aliphatic heterocycles. The minimum atomic E-state index is -2.78. The number of ether oxygens (including phenoxy) is 1. The highest BCUT2D eigenvalue weighted by atomic mass is 19.3. The monoisotopic (exact) mass is 253 g/mol. The maximum atomic E-state index is 12.2. The molecule has 0 aliphatic rings. The fraction of sp³-hybridized carbons (Fsp3) is 0.429. The number of rotatable bonds is 5. The summed E-state index contributed by atoms with van der Waals surface area (Å²) in [6, 6.07) is 5.02. The van der Waals surface area contributed by atoms with Crippen LogP contribution in [0.5, 0.6) is 5.75 Å². The van der Waals surface area contributed by atoms with E-state index in [2.05, 4.69) is 23.6 Å². The summed E-state index contributed by atoms with van der Waals surface area (Å²) in [4.78, 5) is 3.17. The third-order valence-electron chi connectivity index (χ3n) is 3.34. The van der Waals surface area contributed by atoms with E-state index < -0.39 is 6.61 Å². The molecule has 1 aromatic carbocycles. The lowest BCUT2D eigenvalue weighted by atomic mass is 9.94. The molecule has 0 unspecified atom stereocenters. The molecule has 0 atom stereocenters. The van der Waals surface area contributed by atoms with Gasteiger partial charge in [0.25, 0.3) is 0 Å². The predicted molar refractivity (Wildman–Crippen MR) is 68.3 cm³/mol. The van der Waals surface area contributed by atoms with Crippen molar-refractivity contribution < 1.29 is 13.5 Å². The van der Waals surface area contributed by atoms with E-state index in [0.717, 1.165) is 23.7 Å². The highest BCUT2D eigenvalue weighted by Gasteiger charge is 2.14. The Bertz CT molecular complexity index is 517. The molecule has 1 heterocycles. The Balaban J connectivity index is 2.42. The van der Waals surface area contributed by atoms with Crippen molar-refractivity contribution in [1.82, 2.24) is 4.98 Å². The van der Waals surface area contributed by atoms with Crippen molar-refractivity contribution in [2.24, 2.45) is 0 Å². The van der Waals surface area contributed by atoms with E-state index in [-0.39, 0.29) is 5.75 Å². The van der Waals surface area contributed by atoms with Crippen molar-refractivity contribution in [2.45, 2.75) is 39.2 Å². The fourth-order valence-electron chi connectivity index (χ4n) is 2.36. The lowest BCUT2D eigenvalue weighted by Gasteiger charge is -2.11. The summed E-state index contributed by atoms with van der Waals surface area (Å²) in [5.41, 5.74) is 2.13. The van der Waals surface area contributed by atoms with E-state index in [9.17, 15) is 8.78 Å². The third kappa shape index (κ3) is 2.47. The van der Waals surface area contributed by atoms with Crippen LogP contribution in [-0.2, 0) is 0 Å². The average molecular weight is 253 g/mol. The number of halogens is 2. The van der Waals surface area contributed by atoms with Gasteiger partial charge in [-0.1, -0.05) is 13.8 Å². The van der Waals surface area contributed by atoms with Gasteiger partial charge in [0.2, 0.25) is 0 Å². The van der Waals surface area contributed by atoms with Gasteiger partial charge in [-0.2, -0.15) is 8.78 Å². The quantitative estimate of drug-likeness (QED) is 0.822. The Morgan fingerprint density at radius 1 is 1.22 bits per heavy atom. The first-order valence-electron chi connectivity index (χ1n) is 6.21. The van der Waals surface area contributed by atoms with E-state index in [0.29, 0.717) is 5.92 Å². The summed E-state index contributed by atoms with van der Waals surface area (Å²) in [5.74, 6) is 0.657. The number of alkyl halides is 2. The molecule has 2 nitrogen and oxygen atoms in total. The van der Waals surface area contributed by atoms with Gasteiger partial charge in [-0.05, 0) is 42.5 Å². The van der Waals surface area contributed by atoms with Crippen LogP contribution in [0.1, 0.15) is 38.2 Å². The molecule has 0 spiro atoms. The molecule has 18 heavy (non-hydrogen) atoms. The van der Waals surface area contributed by atoms with Gasteiger partial charge in [0.1, 0.15) is 5.75 Å². The van der Waals surface area contributed by atoms with Gasteiger partial charge < -0.3 is 9.72 Å². The van der Waals surface area contributed by atoms with Crippen LogP contribution in [0, 0.1) is 0 Å². The van der Waals surface area contributed by atoms with Gasteiger partial charge in [-0.15, -0.1) is 0 Å². The Morgan fingerprint density at radius 3 is 2.56 bits per heavy atom. The zero-order valence-corrected chi connectivity index (χ0v) is 10.5. The minimum Gasteiger partial charge on any atom is -0.435 e. The Hall–Kier alpha value is -1.58. The van der Waals surface area contributed by atoms with Crippen molar-refractivity contribution in [1.29, 1.82) is 0 Å². The molecule has 1 N–H and O–H groups in total. The maximum absolute atomic E-state index is 12.2. The average Bonchev–Trinajstić information content (AvgIpc) is 2.74. The highest BCUT2D eigenvalue weighted by molar-refractivity contribution is 5.85. The summed E-state index contributed by atoms with van der Waals surface area (Å²) in [6.45, 7) is 1.48. The molecule has 98 valence electrons. The van der Waals surface area contributed by atoms with E-state index in [1.165, 1.54) is 5.56 Å². The van der Waals surface area contributed by atoms with Crippen molar-refractivity contribution in [2.75, 3.05) is 0 Å². The Labute approximate surface area is 105 Å². The molecule has 0 aliphatic carbocycles. The minimum absolute atomic E-state index is 0.212. The van der Waals surface area contributed by atoms with Crippen molar-refractivity contribution >= 4 is 10.9 Å². The highest BCUT2D eigenvalue weighted by Crippen LogP contribution is 2.32. The van der Waals surface area contributed by atoms with Crippen LogP contribution in [0.4, 0.5) is 8.78 Å². The number of fused-ring (bicyclic) bond motifs is 1. The van der Waals surface area contributed by atoms with Gasteiger partial charge in [-0.25, -0.2) is 0 Å². The second-order valence-electron chi connectivity index (χ2n) is 4.34. The van der Waals surface area contributed by atoms with Crippen LogP contribution in [0.15, 0.2) is 24.4 Å². The summed E-state index contributed by atoms with van der Waals surface area (Å²) in [5, 5.41) is 0.974. The molecule has 0 amide bonds. The second kappa shape index (κ2) is 5.38. The smallest absolute Gasteiger partial charge is 0.387 e. The molecular weight excluding hydrogens is 236 g/mol. The maximum Gasteiger partial charge on any atom is 0.387 e. The summed E-state index contributed by atoms with van der Waals surface area (Å²) >= 11 is 0. The largest absolute Gasteiger partial charge is 0.435 e. The van der Waals surface area contributed by atoms with E-state index in [4.69, 9.17) is 0 Å². The summed E-state index contributed by atoms with van der Waals surface area (Å²) in [7, 11) is 0. The molecule has 2 rings (SSSR count). The number of H-pyrrole nitrogens is 1. The fourth-order valence-corrected chi connectivity index (χ4v) is 2.36. The van der Waals surface area contributed by atoms with E-state index in [1.54, 1.807) is 18.2 Å². The number of hydrogen-bond acceptors (Lipinski definition) is 1. The van der Waals surface area contributed by atoms with Crippen molar-refractivity contribution in [3.05, 3.63) is 30.0 Å².